The van der Waals surface area contributed by atoms with E-state index >= 15 is 0 Å². The molecule has 1 saturated heterocycles. The number of nitro benzene ring substituents is 1. The van der Waals surface area contributed by atoms with Gasteiger partial charge in [0, 0.05) is 30.8 Å². The molecule has 0 radical (unpaired) electrons. The summed E-state index contributed by atoms with van der Waals surface area (Å²) in [6.07, 6.45) is 1.98. The van der Waals surface area contributed by atoms with Gasteiger partial charge in [-0.25, -0.2) is 0 Å². The molecule has 1 N–H and O–H groups in total. The number of carbonyl (C=O) groups excluding carboxylic acids is 2. The monoisotopic (exact) mass is 339 g/mol. The number of nitrogens with one attached hydrogen (secondary N) is 1. The van der Waals surface area contributed by atoms with Gasteiger partial charge in [0.05, 0.1) is 16.2 Å². The number of hydrogen-bond acceptors (Lipinski definition) is 4. The summed E-state index contributed by atoms with van der Waals surface area (Å²) in [6, 6.07) is 12.2. The fourth-order valence-corrected chi connectivity index (χ4v) is 2.80. The third-order valence-electron chi connectivity index (χ3n) is 4.14. The molecule has 0 bridgehead atoms. The van der Waals surface area contributed by atoms with Crippen LogP contribution in [0.5, 0.6) is 0 Å². The van der Waals surface area contributed by atoms with E-state index in [0.717, 1.165) is 25.9 Å². The highest BCUT2D eigenvalue weighted by molar-refractivity contribution is 6.09. The second-order valence-corrected chi connectivity index (χ2v) is 5.80. The van der Waals surface area contributed by atoms with Crippen molar-refractivity contribution in [2.45, 2.75) is 12.8 Å². The van der Waals surface area contributed by atoms with E-state index in [4.69, 9.17) is 0 Å². The molecule has 0 atom stereocenters. The third kappa shape index (κ3) is 3.65. The molecular formula is C18H17N3O4. The van der Waals surface area contributed by atoms with Gasteiger partial charge in [-0.1, -0.05) is 12.1 Å². The van der Waals surface area contributed by atoms with E-state index in [2.05, 4.69) is 5.32 Å². The van der Waals surface area contributed by atoms with Crippen LogP contribution >= 0.6 is 0 Å². The van der Waals surface area contributed by atoms with Gasteiger partial charge in [0.1, 0.15) is 0 Å². The molecule has 2 aromatic rings. The fourth-order valence-electron chi connectivity index (χ4n) is 2.80. The Balaban J connectivity index is 1.79. The molecule has 0 aromatic heterocycles. The Labute approximate surface area is 144 Å². The van der Waals surface area contributed by atoms with E-state index in [9.17, 15) is 19.7 Å². The van der Waals surface area contributed by atoms with Gasteiger partial charge in [-0.05, 0) is 37.1 Å². The van der Waals surface area contributed by atoms with E-state index in [0.29, 0.717) is 11.3 Å². The highest BCUT2D eigenvalue weighted by Crippen LogP contribution is 2.21. The molecule has 2 aromatic carbocycles. The number of amides is 2. The lowest BCUT2D eigenvalue weighted by molar-refractivity contribution is -0.384. The van der Waals surface area contributed by atoms with Gasteiger partial charge in [-0.15, -0.1) is 0 Å². The summed E-state index contributed by atoms with van der Waals surface area (Å²) < 4.78 is 0. The van der Waals surface area contributed by atoms with Crippen molar-refractivity contribution < 1.29 is 14.5 Å². The third-order valence-corrected chi connectivity index (χ3v) is 4.14. The zero-order valence-corrected chi connectivity index (χ0v) is 13.5. The van der Waals surface area contributed by atoms with Crippen molar-refractivity contribution in [1.82, 2.24) is 4.90 Å². The highest BCUT2D eigenvalue weighted by Gasteiger charge is 2.22. The summed E-state index contributed by atoms with van der Waals surface area (Å²) in [5.74, 6) is -0.520. The molecule has 3 rings (SSSR count). The minimum absolute atomic E-state index is 0.0823. The van der Waals surface area contributed by atoms with E-state index < -0.39 is 10.8 Å². The molecular weight excluding hydrogens is 322 g/mol. The molecule has 128 valence electrons. The summed E-state index contributed by atoms with van der Waals surface area (Å²) in [4.78, 5) is 36.9. The average Bonchev–Trinajstić information content (AvgIpc) is 3.16. The van der Waals surface area contributed by atoms with Crippen molar-refractivity contribution in [1.29, 1.82) is 0 Å². The number of carbonyl (C=O) groups is 2. The predicted octanol–water partition coefficient (Wildman–Crippen LogP) is 3.08. The van der Waals surface area contributed by atoms with Gasteiger partial charge >= 0.3 is 0 Å². The second-order valence-electron chi connectivity index (χ2n) is 5.80. The van der Waals surface area contributed by atoms with Crippen molar-refractivity contribution in [3.8, 4) is 0 Å². The van der Waals surface area contributed by atoms with Gasteiger partial charge in [0.2, 0.25) is 0 Å². The van der Waals surface area contributed by atoms with E-state index in [1.54, 1.807) is 29.2 Å². The maximum Gasteiger partial charge on any atom is 0.269 e. The standard InChI is InChI=1S/C18H17N3O4/c22-17(13-7-9-14(10-8-13)21(24)25)19-16-6-2-1-5-15(16)18(23)20-11-3-4-12-20/h1-2,5-10H,3-4,11-12H2,(H,19,22). The maximum atomic E-state index is 12.6. The first-order chi connectivity index (χ1) is 12.1. The molecule has 25 heavy (non-hydrogen) atoms. The van der Waals surface area contributed by atoms with Crippen LogP contribution in [0, 0.1) is 10.1 Å². The highest BCUT2D eigenvalue weighted by atomic mass is 16.6. The van der Waals surface area contributed by atoms with Gasteiger partial charge in [-0.2, -0.15) is 0 Å². The Morgan fingerprint density at radius 2 is 1.64 bits per heavy atom. The molecule has 0 saturated carbocycles. The number of para-hydroxylation sites is 1. The first-order valence-electron chi connectivity index (χ1n) is 8.00. The molecule has 7 heteroatoms. The Kier molecular flexibility index (Phi) is 4.74. The number of rotatable bonds is 4. The lowest BCUT2D eigenvalue weighted by Crippen LogP contribution is -2.28. The van der Waals surface area contributed by atoms with Crippen LogP contribution in [0.3, 0.4) is 0 Å². The molecule has 1 fully saturated rings. The van der Waals surface area contributed by atoms with E-state index in [-0.39, 0.29) is 17.2 Å². The van der Waals surface area contributed by atoms with Crippen molar-refractivity contribution in [2.75, 3.05) is 18.4 Å². The smallest absolute Gasteiger partial charge is 0.269 e. The Morgan fingerprint density at radius 1 is 1.00 bits per heavy atom. The zero-order valence-electron chi connectivity index (χ0n) is 13.5. The minimum atomic E-state index is -0.522. The van der Waals surface area contributed by atoms with E-state index in [1.165, 1.54) is 24.3 Å². The van der Waals surface area contributed by atoms with Crippen molar-refractivity contribution in [3.63, 3.8) is 0 Å². The first-order valence-corrected chi connectivity index (χ1v) is 8.00. The largest absolute Gasteiger partial charge is 0.339 e. The van der Waals surface area contributed by atoms with Gasteiger partial charge in [0.15, 0.2) is 0 Å². The van der Waals surface area contributed by atoms with Crippen LogP contribution in [0.25, 0.3) is 0 Å². The Morgan fingerprint density at radius 3 is 2.28 bits per heavy atom. The summed E-state index contributed by atoms with van der Waals surface area (Å²) in [6.45, 7) is 1.45. The molecule has 2 amide bonds. The number of anilines is 1. The number of hydrogen-bond donors (Lipinski definition) is 1. The average molecular weight is 339 g/mol. The molecule has 1 aliphatic rings. The lowest BCUT2D eigenvalue weighted by atomic mass is 10.1. The number of nitro groups is 1. The number of benzene rings is 2. The van der Waals surface area contributed by atoms with Crippen LogP contribution in [-0.2, 0) is 0 Å². The maximum absolute atomic E-state index is 12.6. The van der Waals surface area contributed by atoms with Gasteiger partial charge in [0.25, 0.3) is 17.5 Å². The van der Waals surface area contributed by atoms with Crippen molar-refractivity contribution >= 4 is 23.2 Å². The lowest BCUT2D eigenvalue weighted by Gasteiger charge is -2.18. The molecule has 1 heterocycles. The summed E-state index contributed by atoms with van der Waals surface area (Å²) >= 11 is 0. The van der Waals surface area contributed by atoms with Crippen molar-refractivity contribution in [2.24, 2.45) is 0 Å². The predicted molar refractivity (Wildman–Crippen MR) is 92.6 cm³/mol. The Hall–Kier alpha value is -3.22. The Bertz CT molecular complexity index is 811. The molecule has 0 unspecified atom stereocenters. The molecule has 0 spiro atoms. The fraction of sp³-hybridized carbons (Fsp3) is 0.222. The van der Waals surface area contributed by atoms with Crippen LogP contribution in [0.1, 0.15) is 33.6 Å². The quantitative estimate of drug-likeness (QED) is 0.684. The van der Waals surface area contributed by atoms with Crippen LogP contribution in [0.15, 0.2) is 48.5 Å². The number of nitrogens with zero attached hydrogens (tertiary/aromatic N) is 2. The topological polar surface area (TPSA) is 92.6 Å². The molecule has 7 nitrogen and oxygen atoms in total. The number of likely N-dealkylation sites (tertiary alicyclic amines) is 1. The van der Waals surface area contributed by atoms with Crippen molar-refractivity contribution in [3.05, 3.63) is 69.8 Å². The van der Waals surface area contributed by atoms with Crippen LogP contribution in [0.4, 0.5) is 11.4 Å². The zero-order chi connectivity index (χ0) is 17.8. The molecule has 1 aliphatic heterocycles. The SMILES string of the molecule is O=C(Nc1ccccc1C(=O)N1CCCC1)c1ccc([N+](=O)[O-])cc1. The second kappa shape index (κ2) is 7.12. The first kappa shape index (κ1) is 16.6. The number of non-ortho nitro benzene ring substituents is 1. The van der Waals surface area contributed by atoms with Crippen LogP contribution < -0.4 is 5.32 Å². The van der Waals surface area contributed by atoms with Crippen LogP contribution in [0.2, 0.25) is 0 Å². The van der Waals surface area contributed by atoms with Gasteiger partial charge in [-0.3, -0.25) is 19.7 Å². The summed E-state index contributed by atoms with van der Waals surface area (Å²) in [5.41, 5.74) is 1.08. The summed E-state index contributed by atoms with van der Waals surface area (Å²) in [7, 11) is 0. The summed E-state index contributed by atoms with van der Waals surface area (Å²) in [5, 5.41) is 13.4. The van der Waals surface area contributed by atoms with Gasteiger partial charge < -0.3 is 10.2 Å². The van der Waals surface area contributed by atoms with Crippen LogP contribution in [-0.4, -0.2) is 34.7 Å². The van der Waals surface area contributed by atoms with E-state index in [1.807, 2.05) is 0 Å². The minimum Gasteiger partial charge on any atom is -0.339 e. The normalized spacial score (nSPS) is 13.5. The molecule has 0 aliphatic carbocycles.